The Hall–Kier alpha value is -0.980. The Bertz CT molecular complexity index is 371. The van der Waals surface area contributed by atoms with Gasteiger partial charge in [0, 0.05) is 38.1 Å². The van der Waals surface area contributed by atoms with Gasteiger partial charge in [-0.15, -0.1) is 11.3 Å². The Morgan fingerprint density at radius 1 is 1.50 bits per heavy atom. The minimum absolute atomic E-state index is 0.0315. The highest BCUT2D eigenvalue weighted by Crippen LogP contribution is 2.12. The van der Waals surface area contributed by atoms with Crippen molar-refractivity contribution in [1.29, 1.82) is 0 Å². The summed E-state index contributed by atoms with van der Waals surface area (Å²) in [5.74, 6) is 0.0315. The average molecular weight is 240 g/mol. The third-order valence-electron chi connectivity index (χ3n) is 2.74. The number of amides is 1. The van der Waals surface area contributed by atoms with Crippen molar-refractivity contribution in [2.75, 3.05) is 33.2 Å². The van der Waals surface area contributed by atoms with Crippen LogP contribution in [-0.4, -0.2) is 53.9 Å². The minimum Gasteiger partial charge on any atom is -0.335 e. The molecule has 1 saturated heterocycles. The van der Waals surface area contributed by atoms with Crippen LogP contribution >= 0.6 is 11.3 Å². The highest BCUT2D eigenvalue weighted by Gasteiger charge is 2.21. The first-order chi connectivity index (χ1) is 7.70. The summed E-state index contributed by atoms with van der Waals surface area (Å²) in [7, 11) is 2.07. The van der Waals surface area contributed by atoms with Crippen LogP contribution in [0.5, 0.6) is 0 Å². The molecule has 2 rings (SSSR count). The normalized spacial score (nSPS) is 17.8. The largest absolute Gasteiger partial charge is 0.335 e. The van der Waals surface area contributed by atoms with E-state index in [2.05, 4.69) is 16.9 Å². The monoisotopic (exact) mass is 240 g/mol. The van der Waals surface area contributed by atoms with Crippen LogP contribution in [0.1, 0.15) is 15.5 Å². The molecular weight excluding hydrogens is 224 g/mol. The number of rotatable bonds is 2. The fourth-order valence-electron chi connectivity index (χ4n) is 1.67. The summed E-state index contributed by atoms with van der Waals surface area (Å²) < 4.78 is 0. The average Bonchev–Trinajstić information content (AvgIpc) is 2.77. The Morgan fingerprint density at radius 3 is 2.75 bits per heavy atom. The van der Waals surface area contributed by atoms with Crippen molar-refractivity contribution in [1.82, 2.24) is 14.8 Å². The zero-order chi connectivity index (χ0) is 11.5. The first kappa shape index (κ1) is 11.5. The fraction of sp³-hybridized carbons (Fsp3) is 0.600. The Balaban J connectivity index is 2.01. The standard InChI is InChI=1S/C10H16N4OS/c1-13-2-4-14(5-3-13)10(15)8-7-16-9(6-11)12-8/h7H,2-6,11H2,1H3. The topological polar surface area (TPSA) is 62.5 Å². The molecule has 6 heteroatoms. The molecule has 1 aliphatic rings. The van der Waals surface area contributed by atoms with Gasteiger partial charge in [0.1, 0.15) is 10.7 Å². The molecule has 88 valence electrons. The summed E-state index contributed by atoms with van der Waals surface area (Å²) in [5.41, 5.74) is 6.01. The van der Waals surface area contributed by atoms with E-state index >= 15 is 0 Å². The summed E-state index contributed by atoms with van der Waals surface area (Å²) in [6.07, 6.45) is 0. The SMILES string of the molecule is CN1CCN(C(=O)c2csc(CN)n2)CC1. The van der Waals surface area contributed by atoms with E-state index in [-0.39, 0.29) is 5.91 Å². The molecule has 5 nitrogen and oxygen atoms in total. The number of carbonyl (C=O) groups excluding carboxylic acids is 1. The molecule has 1 aromatic heterocycles. The van der Waals surface area contributed by atoms with Crippen LogP contribution in [0.4, 0.5) is 0 Å². The van der Waals surface area contributed by atoms with Gasteiger partial charge < -0.3 is 15.5 Å². The van der Waals surface area contributed by atoms with E-state index < -0.39 is 0 Å². The van der Waals surface area contributed by atoms with Gasteiger partial charge in [0.15, 0.2) is 0 Å². The molecule has 0 unspecified atom stereocenters. The number of piperazine rings is 1. The molecule has 0 saturated carbocycles. The van der Waals surface area contributed by atoms with Crippen molar-refractivity contribution in [3.8, 4) is 0 Å². The number of aromatic nitrogens is 1. The Morgan fingerprint density at radius 2 is 2.19 bits per heavy atom. The van der Waals surface area contributed by atoms with E-state index in [4.69, 9.17) is 5.73 Å². The zero-order valence-corrected chi connectivity index (χ0v) is 10.2. The van der Waals surface area contributed by atoms with E-state index in [0.29, 0.717) is 12.2 Å². The second-order valence-corrected chi connectivity index (χ2v) is 4.87. The molecule has 0 aliphatic carbocycles. The van der Waals surface area contributed by atoms with Crippen LogP contribution in [-0.2, 0) is 6.54 Å². The highest BCUT2D eigenvalue weighted by molar-refractivity contribution is 7.09. The van der Waals surface area contributed by atoms with Gasteiger partial charge >= 0.3 is 0 Å². The summed E-state index contributed by atoms with van der Waals surface area (Å²) in [4.78, 5) is 20.3. The predicted octanol–water partition coefficient (Wildman–Crippen LogP) is -0.0106. The third-order valence-corrected chi connectivity index (χ3v) is 3.61. The molecular formula is C10H16N4OS. The maximum Gasteiger partial charge on any atom is 0.273 e. The molecule has 2 heterocycles. The van der Waals surface area contributed by atoms with Crippen molar-refractivity contribution in [3.63, 3.8) is 0 Å². The molecule has 1 aromatic rings. The predicted molar refractivity (Wildman–Crippen MR) is 63.4 cm³/mol. The maximum atomic E-state index is 12.0. The number of hydrogen-bond donors (Lipinski definition) is 1. The lowest BCUT2D eigenvalue weighted by Gasteiger charge is -2.31. The van der Waals surface area contributed by atoms with E-state index in [1.54, 1.807) is 5.38 Å². The third kappa shape index (κ3) is 2.40. The second-order valence-electron chi connectivity index (χ2n) is 3.93. The van der Waals surface area contributed by atoms with Crippen molar-refractivity contribution in [2.24, 2.45) is 5.73 Å². The number of nitrogens with two attached hydrogens (primary N) is 1. The van der Waals surface area contributed by atoms with Gasteiger partial charge in [-0.1, -0.05) is 0 Å². The van der Waals surface area contributed by atoms with Crippen LogP contribution in [0.3, 0.4) is 0 Å². The summed E-state index contributed by atoms with van der Waals surface area (Å²) >= 11 is 1.45. The number of carbonyl (C=O) groups is 1. The second kappa shape index (κ2) is 4.90. The molecule has 0 radical (unpaired) electrons. The number of thiazole rings is 1. The lowest BCUT2D eigenvalue weighted by atomic mass is 10.3. The molecule has 0 aromatic carbocycles. The molecule has 1 amide bonds. The quantitative estimate of drug-likeness (QED) is 0.790. The summed E-state index contributed by atoms with van der Waals surface area (Å²) in [6.45, 7) is 3.83. The smallest absolute Gasteiger partial charge is 0.273 e. The van der Waals surface area contributed by atoms with E-state index in [0.717, 1.165) is 31.2 Å². The minimum atomic E-state index is 0.0315. The van der Waals surface area contributed by atoms with Crippen LogP contribution < -0.4 is 5.73 Å². The van der Waals surface area contributed by atoms with E-state index in [9.17, 15) is 4.79 Å². The fourth-order valence-corrected chi connectivity index (χ4v) is 2.32. The van der Waals surface area contributed by atoms with Crippen LogP contribution in [0.25, 0.3) is 0 Å². The van der Waals surface area contributed by atoms with Crippen LogP contribution in [0.15, 0.2) is 5.38 Å². The lowest BCUT2D eigenvalue weighted by Crippen LogP contribution is -2.47. The lowest BCUT2D eigenvalue weighted by molar-refractivity contribution is 0.0659. The first-order valence-electron chi connectivity index (χ1n) is 5.33. The van der Waals surface area contributed by atoms with Crippen molar-refractivity contribution >= 4 is 17.2 Å². The van der Waals surface area contributed by atoms with Gasteiger partial charge in [-0.3, -0.25) is 4.79 Å². The van der Waals surface area contributed by atoms with E-state index in [1.165, 1.54) is 11.3 Å². The van der Waals surface area contributed by atoms with Gasteiger partial charge in [-0.05, 0) is 7.05 Å². The molecule has 2 N–H and O–H groups in total. The van der Waals surface area contributed by atoms with Crippen LogP contribution in [0, 0.1) is 0 Å². The van der Waals surface area contributed by atoms with Gasteiger partial charge in [0.05, 0.1) is 0 Å². The van der Waals surface area contributed by atoms with Gasteiger partial charge in [-0.2, -0.15) is 0 Å². The van der Waals surface area contributed by atoms with Crippen LogP contribution in [0.2, 0.25) is 0 Å². The van der Waals surface area contributed by atoms with Gasteiger partial charge in [0.25, 0.3) is 5.91 Å². The Labute approximate surface area is 98.9 Å². The molecule has 0 bridgehead atoms. The maximum absolute atomic E-state index is 12.0. The first-order valence-corrected chi connectivity index (χ1v) is 6.21. The Kier molecular flexibility index (Phi) is 3.52. The molecule has 16 heavy (non-hydrogen) atoms. The molecule has 1 aliphatic heterocycles. The number of likely N-dealkylation sites (N-methyl/N-ethyl adjacent to an activating group) is 1. The summed E-state index contributed by atoms with van der Waals surface area (Å²) in [6, 6.07) is 0. The number of hydrogen-bond acceptors (Lipinski definition) is 5. The van der Waals surface area contributed by atoms with E-state index in [1.807, 2.05) is 4.90 Å². The highest BCUT2D eigenvalue weighted by atomic mass is 32.1. The van der Waals surface area contributed by atoms with Crippen molar-refractivity contribution in [2.45, 2.75) is 6.54 Å². The summed E-state index contributed by atoms with van der Waals surface area (Å²) in [5, 5.41) is 2.61. The number of nitrogens with zero attached hydrogens (tertiary/aromatic N) is 3. The molecule has 0 spiro atoms. The zero-order valence-electron chi connectivity index (χ0n) is 9.35. The molecule has 1 fully saturated rings. The molecule has 0 atom stereocenters. The van der Waals surface area contributed by atoms with Gasteiger partial charge in [0.2, 0.25) is 0 Å². The van der Waals surface area contributed by atoms with Gasteiger partial charge in [-0.25, -0.2) is 4.98 Å². The van der Waals surface area contributed by atoms with Crippen molar-refractivity contribution in [3.05, 3.63) is 16.1 Å². The van der Waals surface area contributed by atoms with Crippen molar-refractivity contribution < 1.29 is 4.79 Å².